The number of rotatable bonds is 6. The van der Waals surface area contributed by atoms with E-state index in [0.29, 0.717) is 54.6 Å². The second-order valence-electron chi connectivity index (χ2n) is 8.53. The lowest BCUT2D eigenvalue weighted by atomic mass is 10.1. The lowest BCUT2D eigenvalue weighted by molar-refractivity contribution is 0.0768. The minimum Gasteiger partial charge on any atom is -0.497 e. The Labute approximate surface area is 190 Å². The minimum atomic E-state index is -0.526. The number of nitrogens with zero attached hydrogens (tertiary/aromatic N) is 4. The van der Waals surface area contributed by atoms with E-state index in [1.165, 1.54) is 22.9 Å². The van der Waals surface area contributed by atoms with E-state index >= 15 is 0 Å². The number of piperidine rings is 1. The monoisotopic (exact) mass is 449 g/mol. The lowest BCUT2D eigenvalue weighted by Crippen LogP contribution is -2.32. The minimum absolute atomic E-state index is 0.0175. The summed E-state index contributed by atoms with van der Waals surface area (Å²) in [5.74, 6) is 1.79. The molecule has 0 radical (unpaired) electrons. The highest BCUT2D eigenvalue weighted by molar-refractivity contribution is 5.95. The van der Waals surface area contributed by atoms with Crippen LogP contribution in [0.15, 0.2) is 53.6 Å². The number of pyridine rings is 1. The highest BCUT2D eigenvalue weighted by Crippen LogP contribution is 2.51. The molecule has 1 aliphatic carbocycles. The van der Waals surface area contributed by atoms with Crippen LogP contribution >= 0.6 is 0 Å². The number of anilines is 1. The van der Waals surface area contributed by atoms with Crippen molar-refractivity contribution in [2.75, 3.05) is 32.1 Å². The van der Waals surface area contributed by atoms with Gasteiger partial charge in [0.15, 0.2) is 5.82 Å². The van der Waals surface area contributed by atoms with Gasteiger partial charge >= 0.3 is 0 Å². The van der Waals surface area contributed by atoms with Crippen LogP contribution < -0.4 is 15.6 Å². The van der Waals surface area contributed by atoms with E-state index in [9.17, 15) is 14.0 Å². The highest BCUT2D eigenvalue weighted by atomic mass is 19.1. The molecule has 33 heavy (non-hydrogen) atoms. The average Bonchev–Trinajstić information content (AvgIpc) is 3.28. The van der Waals surface area contributed by atoms with Crippen LogP contribution in [0, 0.1) is 23.6 Å². The standard InChI is InChI=1S/C24H24FN5O3/c1-29-22(31)9-21(16-6-7-26-11-20(16)25)28-24(29)27-10-17-18-12-30(13-19(17)18)23(32)14-4-3-5-15(8-14)33-2/h3-9,11,17-19H,10,12-13H2,1-2H3,(H,27,28). The molecule has 2 unspecified atom stereocenters. The summed E-state index contributed by atoms with van der Waals surface area (Å²) in [6.07, 6.45) is 2.57. The third kappa shape index (κ3) is 3.94. The number of hydrogen-bond acceptors (Lipinski definition) is 6. The first-order valence-electron chi connectivity index (χ1n) is 10.8. The molecule has 3 aromatic rings. The fraction of sp³-hybridized carbons (Fsp3) is 0.333. The molecule has 2 atom stereocenters. The molecule has 1 aliphatic heterocycles. The number of ether oxygens (including phenoxy) is 1. The Kier molecular flexibility index (Phi) is 5.32. The number of amides is 1. The number of hydrogen-bond donors (Lipinski definition) is 1. The van der Waals surface area contributed by atoms with Crippen molar-refractivity contribution in [3.05, 3.63) is 70.5 Å². The molecule has 1 saturated heterocycles. The molecule has 5 rings (SSSR count). The van der Waals surface area contributed by atoms with Gasteiger partial charge in [-0.25, -0.2) is 9.37 Å². The predicted molar refractivity (Wildman–Crippen MR) is 121 cm³/mol. The topological polar surface area (TPSA) is 89.3 Å². The molecule has 2 fully saturated rings. The SMILES string of the molecule is COc1cccc(C(=O)N2CC3C(CNc4nc(-c5ccncc5F)cc(=O)n4C)C3C2)c1. The van der Waals surface area contributed by atoms with Crippen LogP contribution in [0.1, 0.15) is 10.4 Å². The maximum Gasteiger partial charge on any atom is 0.255 e. The number of carbonyl (C=O) groups is 1. The van der Waals surface area contributed by atoms with Crippen LogP contribution in [0.2, 0.25) is 0 Å². The number of methoxy groups -OCH3 is 1. The van der Waals surface area contributed by atoms with E-state index < -0.39 is 5.82 Å². The predicted octanol–water partition coefficient (Wildman–Crippen LogP) is 2.42. The van der Waals surface area contributed by atoms with Gasteiger partial charge in [-0.1, -0.05) is 6.07 Å². The van der Waals surface area contributed by atoms with Crippen LogP contribution in [0.5, 0.6) is 5.75 Å². The zero-order chi connectivity index (χ0) is 23.1. The van der Waals surface area contributed by atoms with Crippen molar-refractivity contribution in [3.8, 4) is 17.0 Å². The first-order valence-corrected chi connectivity index (χ1v) is 10.8. The Balaban J connectivity index is 1.23. The summed E-state index contributed by atoms with van der Waals surface area (Å²) in [6, 6.07) is 10.0. The second kappa shape index (κ2) is 8.31. The summed E-state index contributed by atoms with van der Waals surface area (Å²) in [6.45, 7) is 2.06. The molecule has 8 nitrogen and oxygen atoms in total. The molecule has 2 aliphatic rings. The van der Waals surface area contributed by atoms with E-state index in [-0.39, 0.29) is 22.7 Å². The summed E-state index contributed by atoms with van der Waals surface area (Å²) in [5, 5.41) is 3.26. The van der Waals surface area contributed by atoms with E-state index in [2.05, 4.69) is 15.3 Å². The molecular weight excluding hydrogens is 425 g/mol. The van der Waals surface area contributed by atoms with Gasteiger partial charge in [0.2, 0.25) is 5.95 Å². The zero-order valence-corrected chi connectivity index (χ0v) is 18.4. The first kappa shape index (κ1) is 21.1. The van der Waals surface area contributed by atoms with Crippen LogP contribution in [0.4, 0.5) is 10.3 Å². The van der Waals surface area contributed by atoms with Crippen molar-refractivity contribution in [1.82, 2.24) is 19.4 Å². The van der Waals surface area contributed by atoms with Gasteiger partial charge < -0.3 is 15.0 Å². The Hall–Kier alpha value is -3.75. The van der Waals surface area contributed by atoms with Gasteiger partial charge in [-0.05, 0) is 42.0 Å². The molecule has 170 valence electrons. The summed E-state index contributed by atoms with van der Waals surface area (Å²) in [4.78, 5) is 35.3. The summed E-state index contributed by atoms with van der Waals surface area (Å²) in [5.41, 5.74) is 0.863. The second-order valence-corrected chi connectivity index (χ2v) is 8.53. The van der Waals surface area contributed by atoms with Crippen LogP contribution in [-0.2, 0) is 7.05 Å². The lowest BCUT2D eigenvalue weighted by Gasteiger charge is -2.20. The van der Waals surface area contributed by atoms with Crippen molar-refractivity contribution in [3.63, 3.8) is 0 Å². The molecule has 1 N–H and O–H groups in total. The fourth-order valence-electron chi connectivity index (χ4n) is 4.68. The Morgan fingerprint density at radius 3 is 2.76 bits per heavy atom. The van der Waals surface area contributed by atoms with Crippen molar-refractivity contribution >= 4 is 11.9 Å². The van der Waals surface area contributed by atoms with Crippen LogP contribution in [0.25, 0.3) is 11.3 Å². The number of benzene rings is 1. The van der Waals surface area contributed by atoms with Gasteiger partial charge in [-0.2, -0.15) is 0 Å². The number of nitrogens with one attached hydrogen (secondary N) is 1. The van der Waals surface area contributed by atoms with E-state index in [1.807, 2.05) is 17.0 Å². The van der Waals surface area contributed by atoms with Crippen molar-refractivity contribution in [2.24, 2.45) is 24.8 Å². The summed E-state index contributed by atoms with van der Waals surface area (Å²) in [7, 11) is 3.22. The molecule has 3 heterocycles. The molecule has 0 bridgehead atoms. The third-order valence-electron chi connectivity index (χ3n) is 6.65. The number of aromatic nitrogens is 3. The zero-order valence-electron chi connectivity index (χ0n) is 18.4. The van der Waals surface area contributed by atoms with Gasteiger partial charge in [0.25, 0.3) is 11.5 Å². The maximum atomic E-state index is 14.1. The van der Waals surface area contributed by atoms with Crippen LogP contribution in [-0.4, -0.2) is 52.1 Å². The number of carbonyl (C=O) groups excluding carboxylic acids is 1. The Bertz CT molecular complexity index is 1260. The van der Waals surface area contributed by atoms with Crippen molar-refractivity contribution in [2.45, 2.75) is 0 Å². The Morgan fingerprint density at radius 1 is 1.24 bits per heavy atom. The van der Waals surface area contributed by atoms with Crippen molar-refractivity contribution in [1.29, 1.82) is 0 Å². The molecule has 0 spiro atoms. The average molecular weight is 449 g/mol. The summed E-state index contributed by atoms with van der Waals surface area (Å²) < 4.78 is 20.7. The molecule has 1 amide bonds. The van der Waals surface area contributed by atoms with Gasteiger partial charge in [-0.3, -0.25) is 19.1 Å². The highest BCUT2D eigenvalue weighted by Gasteiger charge is 2.56. The number of likely N-dealkylation sites (tertiary alicyclic amines) is 1. The number of halogens is 1. The fourth-order valence-corrected chi connectivity index (χ4v) is 4.68. The van der Waals surface area contributed by atoms with E-state index in [1.54, 1.807) is 26.3 Å². The van der Waals surface area contributed by atoms with Gasteiger partial charge in [0.1, 0.15) is 5.75 Å². The van der Waals surface area contributed by atoms with E-state index in [4.69, 9.17) is 4.74 Å². The maximum absolute atomic E-state index is 14.1. The van der Waals surface area contributed by atoms with E-state index in [0.717, 1.165) is 6.20 Å². The molecular formula is C24H24FN5O3. The number of fused-ring (bicyclic) bond motifs is 1. The van der Waals surface area contributed by atoms with Gasteiger partial charge in [0, 0.05) is 50.1 Å². The normalized spacial score (nSPS) is 20.9. The smallest absolute Gasteiger partial charge is 0.255 e. The summed E-state index contributed by atoms with van der Waals surface area (Å²) >= 11 is 0. The molecule has 9 heteroatoms. The molecule has 1 aromatic carbocycles. The molecule has 2 aromatic heterocycles. The largest absolute Gasteiger partial charge is 0.497 e. The molecule has 1 saturated carbocycles. The third-order valence-corrected chi connectivity index (χ3v) is 6.65. The van der Waals surface area contributed by atoms with Crippen molar-refractivity contribution < 1.29 is 13.9 Å². The van der Waals surface area contributed by atoms with Crippen LogP contribution in [0.3, 0.4) is 0 Å². The van der Waals surface area contributed by atoms with Gasteiger partial charge in [0.05, 0.1) is 19.0 Å². The quantitative estimate of drug-likeness (QED) is 0.622. The Morgan fingerprint density at radius 2 is 2.03 bits per heavy atom. The van der Waals surface area contributed by atoms with Gasteiger partial charge in [-0.15, -0.1) is 0 Å². The first-order chi connectivity index (χ1) is 16.0.